The number of amides is 1. The van der Waals surface area contributed by atoms with Crippen LogP contribution >= 0.6 is 0 Å². The Morgan fingerprint density at radius 1 is 1.04 bits per heavy atom. The van der Waals surface area contributed by atoms with E-state index in [1.165, 1.54) is 19.3 Å². The van der Waals surface area contributed by atoms with Crippen LogP contribution in [-0.4, -0.2) is 56.7 Å². The zero-order chi connectivity index (χ0) is 18.6. The molecule has 1 aromatic carbocycles. The highest BCUT2D eigenvalue weighted by atomic mass is 16.2. The number of hydrogen-bond acceptors (Lipinski definition) is 4. The van der Waals surface area contributed by atoms with Crippen molar-refractivity contribution in [3.05, 3.63) is 47.5 Å². The first kappa shape index (κ1) is 18.2. The minimum Gasteiger partial charge on any atom is -0.338 e. The molecule has 1 unspecified atom stereocenters. The van der Waals surface area contributed by atoms with Crippen molar-refractivity contribution in [2.24, 2.45) is 7.05 Å². The zero-order valence-electron chi connectivity index (χ0n) is 16.2. The second kappa shape index (κ2) is 8.21. The Balaban J connectivity index is 1.44. The number of carbonyl (C=O) groups is 1. The van der Waals surface area contributed by atoms with Crippen LogP contribution in [0, 0.1) is 0 Å². The average molecular weight is 367 g/mol. The van der Waals surface area contributed by atoms with Gasteiger partial charge in [-0.25, -0.2) is 0 Å². The predicted molar refractivity (Wildman–Crippen MR) is 104 cm³/mol. The van der Waals surface area contributed by atoms with Crippen LogP contribution in [0.3, 0.4) is 0 Å². The summed E-state index contributed by atoms with van der Waals surface area (Å²) in [4.78, 5) is 17.3. The van der Waals surface area contributed by atoms with E-state index in [0.29, 0.717) is 0 Å². The van der Waals surface area contributed by atoms with Crippen LogP contribution in [0.5, 0.6) is 0 Å². The maximum atomic E-state index is 12.8. The number of benzene rings is 1. The van der Waals surface area contributed by atoms with Crippen LogP contribution < -0.4 is 0 Å². The van der Waals surface area contributed by atoms with E-state index in [2.05, 4.69) is 26.7 Å². The lowest BCUT2D eigenvalue weighted by atomic mass is 9.96. The van der Waals surface area contributed by atoms with Gasteiger partial charge in [-0.3, -0.25) is 9.69 Å². The Kier molecular flexibility index (Phi) is 5.53. The molecule has 1 amide bonds. The van der Waals surface area contributed by atoms with Gasteiger partial charge in [0, 0.05) is 31.6 Å². The van der Waals surface area contributed by atoms with E-state index in [-0.39, 0.29) is 11.8 Å². The third kappa shape index (κ3) is 4.05. The Morgan fingerprint density at radius 3 is 2.59 bits per heavy atom. The normalized spacial score (nSPS) is 21.4. The fraction of sp³-hybridized carbons (Fsp3) is 0.571. The van der Waals surface area contributed by atoms with Gasteiger partial charge in [0.05, 0.1) is 6.54 Å². The molecule has 1 aromatic heterocycles. The highest BCUT2D eigenvalue weighted by molar-refractivity contribution is 5.94. The van der Waals surface area contributed by atoms with E-state index in [1.807, 2.05) is 35.2 Å². The smallest absolute Gasteiger partial charge is 0.253 e. The van der Waals surface area contributed by atoms with E-state index in [0.717, 1.165) is 62.8 Å². The van der Waals surface area contributed by atoms with Gasteiger partial charge in [-0.1, -0.05) is 24.6 Å². The molecule has 4 rings (SSSR count). The van der Waals surface area contributed by atoms with Gasteiger partial charge in [0.2, 0.25) is 0 Å². The van der Waals surface area contributed by atoms with Crippen LogP contribution in [0.4, 0.5) is 0 Å². The summed E-state index contributed by atoms with van der Waals surface area (Å²) >= 11 is 0. The van der Waals surface area contributed by atoms with Crippen LogP contribution in [0.15, 0.2) is 30.3 Å². The number of carbonyl (C=O) groups excluding carboxylic acids is 1. The molecular formula is C21H29N5O. The highest BCUT2D eigenvalue weighted by Crippen LogP contribution is 2.27. The van der Waals surface area contributed by atoms with Crippen molar-refractivity contribution in [3.8, 4) is 0 Å². The molecule has 2 aliphatic heterocycles. The lowest BCUT2D eigenvalue weighted by Crippen LogP contribution is -2.39. The van der Waals surface area contributed by atoms with Crippen LogP contribution in [0.25, 0.3) is 0 Å². The minimum absolute atomic E-state index is 0.121. The summed E-state index contributed by atoms with van der Waals surface area (Å²) in [6.45, 7) is 4.74. The summed E-state index contributed by atoms with van der Waals surface area (Å²) in [6, 6.07) is 9.57. The molecule has 0 N–H and O–H groups in total. The Hall–Kier alpha value is -2.21. The van der Waals surface area contributed by atoms with Crippen LogP contribution in [0.2, 0.25) is 0 Å². The van der Waals surface area contributed by atoms with Gasteiger partial charge < -0.3 is 9.47 Å². The van der Waals surface area contributed by atoms with Gasteiger partial charge in [0.15, 0.2) is 0 Å². The largest absolute Gasteiger partial charge is 0.338 e. The van der Waals surface area contributed by atoms with Crippen LogP contribution in [-0.2, 0) is 13.6 Å². The van der Waals surface area contributed by atoms with E-state index < -0.39 is 0 Å². The van der Waals surface area contributed by atoms with E-state index in [1.54, 1.807) is 0 Å². The summed E-state index contributed by atoms with van der Waals surface area (Å²) in [5.74, 6) is 2.45. The van der Waals surface area contributed by atoms with Crippen LogP contribution in [0.1, 0.15) is 60.0 Å². The number of likely N-dealkylation sites (tertiary alicyclic amines) is 2. The SMILES string of the molecule is Cn1c(CN2CCCCC2)nnc1C1CCCN(C(=O)c2ccccc2)C1. The molecule has 2 saturated heterocycles. The molecule has 0 radical (unpaired) electrons. The van der Waals surface area contributed by atoms with E-state index in [9.17, 15) is 4.79 Å². The first-order valence-corrected chi connectivity index (χ1v) is 10.2. The molecule has 2 fully saturated rings. The number of rotatable bonds is 4. The zero-order valence-corrected chi connectivity index (χ0v) is 16.2. The molecule has 1 atom stereocenters. The van der Waals surface area contributed by atoms with Crippen molar-refractivity contribution in [3.63, 3.8) is 0 Å². The molecular weight excluding hydrogens is 338 g/mol. The first-order chi connectivity index (χ1) is 13.2. The van der Waals surface area contributed by atoms with Gasteiger partial charge in [0.25, 0.3) is 5.91 Å². The minimum atomic E-state index is 0.121. The van der Waals surface area contributed by atoms with Crippen molar-refractivity contribution in [2.75, 3.05) is 26.2 Å². The molecule has 6 nitrogen and oxygen atoms in total. The lowest BCUT2D eigenvalue weighted by Gasteiger charge is -2.32. The fourth-order valence-electron chi connectivity index (χ4n) is 4.32. The summed E-state index contributed by atoms with van der Waals surface area (Å²) in [6.07, 6.45) is 5.98. The molecule has 27 heavy (non-hydrogen) atoms. The maximum absolute atomic E-state index is 12.8. The monoisotopic (exact) mass is 367 g/mol. The van der Waals surface area contributed by atoms with Gasteiger partial charge in [-0.15, -0.1) is 10.2 Å². The molecule has 144 valence electrons. The quantitative estimate of drug-likeness (QED) is 0.834. The van der Waals surface area contributed by atoms with E-state index >= 15 is 0 Å². The summed E-state index contributed by atoms with van der Waals surface area (Å²) < 4.78 is 2.16. The van der Waals surface area contributed by atoms with Gasteiger partial charge in [-0.05, 0) is 50.9 Å². The fourth-order valence-corrected chi connectivity index (χ4v) is 4.32. The second-order valence-corrected chi connectivity index (χ2v) is 7.83. The number of aromatic nitrogens is 3. The molecule has 0 saturated carbocycles. The molecule has 2 aromatic rings. The van der Waals surface area contributed by atoms with Crippen molar-refractivity contribution in [1.29, 1.82) is 0 Å². The van der Waals surface area contributed by atoms with Gasteiger partial charge >= 0.3 is 0 Å². The summed E-state index contributed by atoms with van der Waals surface area (Å²) in [5.41, 5.74) is 0.766. The maximum Gasteiger partial charge on any atom is 0.253 e. The summed E-state index contributed by atoms with van der Waals surface area (Å²) in [5, 5.41) is 9.00. The van der Waals surface area contributed by atoms with Crippen molar-refractivity contribution in [2.45, 2.75) is 44.6 Å². The second-order valence-electron chi connectivity index (χ2n) is 7.83. The third-order valence-electron chi connectivity index (χ3n) is 5.91. The Labute approximate surface area is 161 Å². The molecule has 2 aliphatic rings. The Bertz CT molecular complexity index is 766. The number of nitrogens with zero attached hydrogens (tertiary/aromatic N) is 5. The first-order valence-electron chi connectivity index (χ1n) is 10.2. The lowest BCUT2D eigenvalue weighted by molar-refractivity contribution is 0.0703. The summed E-state index contributed by atoms with van der Waals surface area (Å²) in [7, 11) is 2.08. The molecule has 0 bridgehead atoms. The number of hydrogen-bond donors (Lipinski definition) is 0. The highest BCUT2D eigenvalue weighted by Gasteiger charge is 2.29. The molecule has 0 aliphatic carbocycles. The third-order valence-corrected chi connectivity index (χ3v) is 5.91. The standard InChI is InChI=1S/C21H29N5O/c1-24-19(16-25-12-6-3-7-13-25)22-23-20(24)18-11-8-14-26(15-18)21(27)17-9-4-2-5-10-17/h2,4-5,9-10,18H,3,6-8,11-16H2,1H3. The van der Waals surface area contributed by atoms with Crippen molar-refractivity contribution in [1.82, 2.24) is 24.6 Å². The Morgan fingerprint density at radius 2 is 1.81 bits per heavy atom. The predicted octanol–water partition coefficient (Wildman–Crippen LogP) is 2.82. The molecule has 0 spiro atoms. The van der Waals surface area contributed by atoms with Gasteiger partial charge in [-0.2, -0.15) is 0 Å². The van der Waals surface area contributed by atoms with Crippen molar-refractivity contribution >= 4 is 5.91 Å². The van der Waals surface area contributed by atoms with E-state index in [4.69, 9.17) is 0 Å². The van der Waals surface area contributed by atoms with Gasteiger partial charge in [0.1, 0.15) is 11.6 Å². The van der Waals surface area contributed by atoms with Crippen molar-refractivity contribution < 1.29 is 4.79 Å². The topological polar surface area (TPSA) is 54.3 Å². The molecule has 3 heterocycles. The number of piperidine rings is 2. The average Bonchev–Trinajstić information content (AvgIpc) is 3.09. The molecule has 6 heteroatoms.